The van der Waals surface area contributed by atoms with Crippen LogP contribution in [0, 0.1) is 5.82 Å². The number of alkyl halides is 2. The Bertz CT molecular complexity index is 740. The topological polar surface area (TPSA) is 39.9 Å². The van der Waals surface area contributed by atoms with E-state index in [-0.39, 0.29) is 24.8 Å². The second-order valence-corrected chi connectivity index (χ2v) is 6.60. The van der Waals surface area contributed by atoms with Gasteiger partial charge >= 0.3 is 0 Å². The highest BCUT2D eigenvalue weighted by atomic mass is 19.3. The first-order valence-electron chi connectivity index (χ1n) is 8.18. The van der Waals surface area contributed by atoms with Crippen LogP contribution in [-0.2, 0) is 4.74 Å². The highest BCUT2D eigenvalue weighted by Gasteiger charge is 2.42. The van der Waals surface area contributed by atoms with Crippen molar-refractivity contribution in [2.75, 3.05) is 13.2 Å². The van der Waals surface area contributed by atoms with E-state index in [1.165, 1.54) is 12.3 Å². The standard InChI is InChI=1S/C17H18F3N3O/c18-13-5-12(8-21-9-13)15-6-16(11-2-4-24-10-11)23(22-15)14-1-3-17(19,20)7-14/h5-6,8-9,11,14H,1-4,7,10H2. The molecule has 2 aromatic heterocycles. The van der Waals surface area contributed by atoms with Gasteiger partial charge in [0, 0.05) is 42.8 Å². The molecule has 2 aromatic rings. The maximum Gasteiger partial charge on any atom is 0.250 e. The Morgan fingerprint density at radius 3 is 2.75 bits per heavy atom. The Morgan fingerprint density at radius 1 is 1.21 bits per heavy atom. The summed E-state index contributed by atoms with van der Waals surface area (Å²) in [6.45, 7) is 1.23. The third-order valence-corrected chi connectivity index (χ3v) is 4.84. The number of nitrogens with zero attached hydrogens (tertiary/aromatic N) is 3. The van der Waals surface area contributed by atoms with Gasteiger partial charge in [-0.3, -0.25) is 9.67 Å². The molecule has 1 aliphatic heterocycles. The van der Waals surface area contributed by atoms with E-state index >= 15 is 0 Å². The fourth-order valence-electron chi connectivity index (χ4n) is 3.60. The van der Waals surface area contributed by atoms with Gasteiger partial charge in [-0.05, 0) is 25.0 Å². The zero-order chi connectivity index (χ0) is 16.7. The first-order valence-corrected chi connectivity index (χ1v) is 8.18. The zero-order valence-corrected chi connectivity index (χ0v) is 13.1. The minimum Gasteiger partial charge on any atom is -0.381 e. The van der Waals surface area contributed by atoms with Crippen molar-refractivity contribution in [3.63, 3.8) is 0 Å². The molecule has 0 radical (unpaired) electrons. The van der Waals surface area contributed by atoms with Crippen molar-refractivity contribution in [2.24, 2.45) is 0 Å². The summed E-state index contributed by atoms with van der Waals surface area (Å²) in [4.78, 5) is 3.85. The van der Waals surface area contributed by atoms with E-state index in [2.05, 4.69) is 10.1 Å². The second kappa shape index (κ2) is 5.88. The predicted molar refractivity (Wildman–Crippen MR) is 81.4 cm³/mol. The molecule has 0 amide bonds. The quantitative estimate of drug-likeness (QED) is 0.851. The van der Waals surface area contributed by atoms with Crippen molar-refractivity contribution in [3.8, 4) is 11.3 Å². The fraction of sp³-hybridized carbons (Fsp3) is 0.529. The van der Waals surface area contributed by atoms with Crippen LogP contribution >= 0.6 is 0 Å². The molecular weight excluding hydrogens is 319 g/mol. The van der Waals surface area contributed by atoms with Crippen LogP contribution in [0.2, 0.25) is 0 Å². The minimum absolute atomic E-state index is 0.116. The number of aromatic nitrogens is 3. The van der Waals surface area contributed by atoms with Gasteiger partial charge in [0.05, 0.1) is 24.5 Å². The average molecular weight is 337 g/mol. The van der Waals surface area contributed by atoms with Gasteiger partial charge in [-0.15, -0.1) is 0 Å². The molecule has 0 spiro atoms. The zero-order valence-electron chi connectivity index (χ0n) is 13.1. The lowest BCUT2D eigenvalue weighted by molar-refractivity contribution is 0.00505. The maximum atomic E-state index is 13.6. The van der Waals surface area contributed by atoms with Gasteiger partial charge in [0.2, 0.25) is 5.92 Å². The van der Waals surface area contributed by atoms with Crippen LogP contribution in [-0.4, -0.2) is 33.9 Å². The maximum absolute atomic E-state index is 13.6. The summed E-state index contributed by atoms with van der Waals surface area (Å²) in [5, 5.41) is 4.53. The second-order valence-electron chi connectivity index (χ2n) is 6.60. The monoisotopic (exact) mass is 337 g/mol. The fourth-order valence-corrected chi connectivity index (χ4v) is 3.60. The molecule has 0 N–H and O–H groups in total. The molecule has 2 atom stereocenters. The van der Waals surface area contributed by atoms with Crippen LogP contribution < -0.4 is 0 Å². The van der Waals surface area contributed by atoms with Crippen LogP contribution in [0.4, 0.5) is 13.2 Å². The van der Waals surface area contributed by atoms with Crippen molar-refractivity contribution < 1.29 is 17.9 Å². The molecule has 128 valence electrons. The highest BCUT2D eigenvalue weighted by Crippen LogP contribution is 2.43. The van der Waals surface area contributed by atoms with Crippen LogP contribution in [0.15, 0.2) is 24.5 Å². The number of ether oxygens (including phenoxy) is 1. The number of pyridine rings is 1. The summed E-state index contributed by atoms with van der Waals surface area (Å²) in [5.74, 6) is -2.94. The number of halogens is 3. The molecule has 2 unspecified atom stereocenters. The van der Waals surface area contributed by atoms with Gasteiger partial charge in [0.1, 0.15) is 5.82 Å². The van der Waals surface area contributed by atoms with Crippen molar-refractivity contribution in [3.05, 3.63) is 36.0 Å². The lowest BCUT2D eigenvalue weighted by Crippen LogP contribution is -2.16. The highest BCUT2D eigenvalue weighted by molar-refractivity contribution is 5.58. The van der Waals surface area contributed by atoms with Crippen LogP contribution in [0.3, 0.4) is 0 Å². The molecule has 0 aromatic carbocycles. The van der Waals surface area contributed by atoms with E-state index in [4.69, 9.17) is 4.74 Å². The number of rotatable bonds is 3. The largest absolute Gasteiger partial charge is 0.381 e. The van der Waals surface area contributed by atoms with Crippen molar-refractivity contribution in [1.82, 2.24) is 14.8 Å². The molecule has 7 heteroatoms. The molecular formula is C17H18F3N3O. The molecule has 1 saturated carbocycles. The molecule has 1 aliphatic carbocycles. The van der Waals surface area contributed by atoms with E-state index in [0.717, 1.165) is 18.3 Å². The average Bonchev–Trinajstić information content (AvgIpc) is 3.24. The molecule has 1 saturated heterocycles. The molecule has 4 rings (SSSR count). The summed E-state index contributed by atoms with van der Waals surface area (Å²) in [7, 11) is 0. The van der Waals surface area contributed by atoms with Crippen molar-refractivity contribution >= 4 is 0 Å². The smallest absolute Gasteiger partial charge is 0.250 e. The first kappa shape index (κ1) is 15.6. The van der Waals surface area contributed by atoms with E-state index in [9.17, 15) is 13.2 Å². The van der Waals surface area contributed by atoms with Crippen LogP contribution in [0.1, 0.15) is 43.3 Å². The van der Waals surface area contributed by atoms with Gasteiger partial charge in [-0.25, -0.2) is 13.2 Å². The van der Waals surface area contributed by atoms with Gasteiger partial charge in [0.25, 0.3) is 0 Å². The lowest BCUT2D eigenvalue weighted by Gasteiger charge is -2.17. The molecule has 2 aliphatic rings. The van der Waals surface area contributed by atoms with E-state index in [0.29, 0.717) is 30.9 Å². The van der Waals surface area contributed by atoms with Gasteiger partial charge in [-0.2, -0.15) is 5.10 Å². The Labute approximate surface area is 137 Å². The summed E-state index contributed by atoms with van der Waals surface area (Å²) >= 11 is 0. The Hall–Kier alpha value is -1.89. The van der Waals surface area contributed by atoms with Crippen molar-refractivity contribution in [2.45, 2.75) is 43.6 Å². The predicted octanol–water partition coefficient (Wildman–Crippen LogP) is 3.95. The van der Waals surface area contributed by atoms with Crippen LogP contribution in [0.5, 0.6) is 0 Å². The van der Waals surface area contributed by atoms with Gasteiger partial charge in [-0.1, -0.05) is 0 Å². The molecule has 0 bridgehead atoms. The van der Waals surface area contributed by atoms with Gasteiger partial charge < -0.3 is 4.74 Å². The molecule has 3 heterocycles. The Balaban J connectivity index is 1.73. The summed E-state index contributed by atoms with van der Waals surface area (Å²) < 4.78 is 47.9. The Kier molecular flexibility index (Phi) is 3.83. The lowest BCUT2D eigenvalue weighted by atomic mass is 10.0. The SMILES string of the molecule is Fc1cncc(-c2cc(C3CCOC3)n(C3CCC(F)(F)C3)n2)c1. The van der Waals surface area contributed by atoms with E-state index in [1.54, 1.807) is 4.68 Å². The molecule has 2 fully saturated rings. The molecule has 24 heavy (non-hydrogen) atoms. The number of hydrogen-bond acceptors (Lipinski definition) is 3. The summed E-state index contributed by atoms with van der Waals surface area (Å²) in [6, 6.07) is 2.90. The summed E-state index contributed by atoms with van der Waals surface area (Å²) in [6.07, 6.45) is 3.59. The third-order valence-electron chi connectivity index (χ3n) is 4.84. The van der Waals surface area contributed by atoms with Crippen molar-refractivity contribution in [1.29, 1.82) is 0 Å². The van der Waals surface area contributed by atoms with Gasteiger partial charge in [0.15, 0.2) is 0 Å². The van der Waals surface area contributed by atoms with E-state index < -0.39 is 11.7 Å². The minimum atomic E-state index is -2.64. The first-order chi connectivity index (χ1) is 11.5. The normalized spacial score (nSPS) is 26.1. The third kappa shape index (κ3) is 2.92. The Morgan fingerprint density at radius 2 is 2.08 bits per heavy atom. The van der Waals surface area contributed by atoms with Crippen LogP contribution in [0.25, 0.3) is 11.3 Å². The van der Waals surface area contributed by atoms with E-state index in [1.807, 2.05) is 6.07 Å². The molecule has 4 nitrogen and oxygen atoms in total. The number of hydrogen-bond donors (Lipinski definition) is 0. The summed E-state index contributed by atoms with van der Waals surface area (Å²) in [5.41, 5.74) is 2.02.